The second-order valence-corrected chi connectivity index (χ2v) is 5.97. The maximum atomic E-state index is 12.1. The zero-order valence-corrected chi connectivity index (χ0v) is 11.5. The number of rotatable bonds is 3. The highest BCUT2D eigenvalue weighted by molar-refractivity contribution is 5.96. The molecule has 0 aliphatic rings. The standard InChI is InChI=1S/C15H23NO/c1-10-8-12(6-7-13(10)16)14(17)9-11(2)15(3,4)5/h6-8,11H,9,16H2,1-5H3. The van der Waals surface area contributed by atoms with Crippen molar-refractivity contribution in [1.29, 1.82) is 0 Å². The number of aryl methyl sites for hydroxylation is 1. The maximum absolute atomic E-state index is 12.1. The number of hydrogen-bond acceptors (Lipinski definition) is 2. The van der Waals surface area contributed by atoms with Crippen molar-refractivity contribution in [2.45, 2.75) is 41.0 Å². The predicted octanol–water partition coefficient (Wildman–Crippen LogP) is 3.83. The van der Waals surface area contributed by atoms with E-state index in [1.54, 1.807) is 0 Å². The van der Waals surface area contributed by atoms with Gasteiger partial charge in [-0.1, -0.05) is 27.7 Å². The highest BCUT2D eigenvalue weighted by atomic mass is 16.1. The fraction of sp³-hybridized carbons (Fsp3) is 0.533. The summed E-state index contributed by atoms with van der Waals surface area (Å²) in [6.07, 6.45) is 0.590. The summed E-state index contributed by atoms with van der Waals surface area (Å²) in [6, 6.07) is 5.51. The molecule has 94 valence electrons. The van der Waals surface area contributed by atoms with E-state index in [-0.39, 0.29) is 11.2 Å². The van der Waals surface area contributed by atoms with Crippen LogP contribution in [0.15, 0.2) is 18.2 Å². The van der Waals surface area contributed by atoms with E-state index in [2.05, 4.69) is 27.7 Å². The fourth-order valence-corrected chi connectivity index (χ4v) is 1.55. The Morgan fingerprint density at radius 2 is 1.94 bits per heavy atom. The van der Waals surface area contributed by atoms with Gasteiger partial charge in [-0.3, -0.25) is 4.79 Å². The van der Waals surface area contributed by atoms with E-state index >= 15 is 0 Å². The average Bonchev–Trinajstić information content (AvgIpc) is 2.20. The summed E-state index contributed by atoms with van der Waals surface area (Å²) in [5.41, 5.74) is 8.40. The van der Waals surface area contributed by atoms with E-state index in [1.165, 1.54) is 0 Å². The van der Waals surface area contributed by atoms with Gasteiger partial charge < -0.3 is 5.73 Å². The third-order valence-corrected chi connectivity index (χ3v) is 3.56. The van der Waals surface area contributed by atoms with Crippen molar-refractivity contribution in [3.8, 4) is 0 Å². The van der Waals surface area contributed by atoms with Crippen LogP contribution in [0, 0.1) is 18.3 Å². The molecule has 0 aliphatic heterocycles. The number of benzene rings is 1. The second kappa shape index (κ2) is 4.91. The summed E-state index contributed by atoms with van der Waals surface area (Å²) < 4.78 is 0. The van der Waals surface area contributed by atoms with E-state index in [0.29, 0.717) is 12.3 Å². The lowest BCUT2D eigenvalue weighted by molar-refractivity contribution is 0.0927. The molecule has 0 heterocycles. The maximum Gasteiger partial charge on any atom is 0.163 e. The van der Waals surface area contributed by atoms with Crippen molar-refractivity contribution in [3.63, 3.8) is 0 Å². The predicted molar refractivity (Wildman–Crippen MR) is 73.2 cm³/mol. The summed E-state index contributed by atoms with van der Waals surface area (Å²) in [5, 5.41) is 0. The average molecular weight is 233 g/mol. The summed E-state index contributed by atoms with van der Waals surface area (Å²) in [5.74, 6) is 0.573. The molecule has 0 bridgehead atoms. The smallest absolute Gasteiger partial charge is 0.163 e. The first-order valence-corrected chi connectivity index (χ1v) is 6.11. The van der Waals surface area contributed by atoms with E-state index in [1.807, 2.05) is 25.1 Å². The molecule has 0 saturated carbocycles. The summed E-state index contributed by atoms with van der Waals surface area (Å²) >= 11 is 0. The lowest BCUT2D eigenvalue weighted by Gasteiger charge is -2.26. The Kier molecular flexibility index (Phi) is 3.97. The molecule has 1 rings (SSSR count). The molecule has 2 heteroatoms. The number of nitrogens with two attached hydrogens (primary N) is 1. The molecule has 1 atom stereocenters. The molecule has 0 spiro atoms. The molecule has 0 saturated heterocycles. The van der Waals surface area contributed by atoms with Crippen molar-refractivity contribution < 1.29 is 4.79 Å². The Balaban J connectivity index is 2.80. The second-order valence-electron chi connectivity index (χ2n) is 5.97. The molecular weight excluding hydrogens is 210 g/mol. The van der Waals surface area contributed by atoms with E-state index in [0.717, 1.165) is 16.8 Å². The summed E-state index contributed by atoms with van der Waals surface area (Å²) in [4.78, 5) is 12.1. The van der Waals surface area contributed by atoms with Gasteiger partial charge in [-0.05, 0) is 42.0 Å². The number of Topliss-reactive ketones (excluding diaryl/α,β-unsaturated/α-hetero) is 1. The zero-order valence-electron chi connectivity index (χ0n) is 11.5. The van der Waals surface area contributed by atoms with Crippen molar-refractivity contribution in [2.24, 2.45) is 11.3 Å². The Bertz CT molecular complexity index is 415. The van der Waals surface area contributed by atoms with Gasteiger partial charge in [0.05, 0.1) is 0 Å². The van der Waals surface area contributed by atoms with Crippen molar-refractivity contribution in [1.82, 2.24) is 0 Å². The van der Waals surface area contributed by atoms with Crippen LogP contribution in [-0.2, 0) is 0 Å². The molecule has 1 aromatic rings. The van der Waals surface area contributed by atoms with E-state index < -0.39 is 0 Å². The van der Waals surface area contributed by atoms with Gasteiger partial charge in [0, 0.05) is 17.7 Å². The molecule has 2 N–H and O–H groups in total. The molecule has 1 unspecified atom stereocenters. The summed E-state index contributed by atoms with van der Waals surface area (Å²) in [7, 11) is 0. The number of nitrogen functional groups attached to an aromatic ring is 1. The van der Waals surface area contributed by atoms with Crippen LogP contribution in [0.25, 0.3) is 0 Å². The number of anilines is 1. The minimum absolute atomic E-state index is 0.165. The Morgan fingerprint density at radius 1 is 1.35 bits per heavy atom. The van der Waals surface area contributed by atoms with Gasteiger partial charge in [-0.25, -0.2) is 0 Å². The Hall–Kier alpha value is -1.31. The monoisotopic (exact) mass is 233 g/mol. The Labute approximate surface area is 104 Å². The molecule has 0 amide bonds. The quantitative estimate of drug-likeness (QED) is 0.637. The third-order valence-electron chi connectivity index (χ3n) is 3.56. The molecule has 0 aromatic heterocycles. The molecule has 17 heavy (non-hydrogen) atoms. The van der Waals surface area contributed by atoms with Crippen molar-refractivity contribution in [3.05, 3.63) is 29.3 Å². The molecule has 0 aliphatic carbocycles. The van der Waals surface area contributed by atoms with Crippen LogP contribution in [0.3, 0.4) is 0 Å². The van der Waals surface area contributed by atoms with Crippen LogP contribution in [0.5, 0.6) is 0 Å². The van der Waals surface area contributed by atoms with Crippen LogP contribution >= 0.6 is 0 Å². The normalized spacial score (nSPS) is 13.5. The molecule has 2 nitrogen and oxygen atoms in total. The molecular formula is C15H23NO. The lowest BCUT2D eigenvalue weighted by Crippen LogP contribution is -2.20. The van der Waals surface area contributed by atoms with E-state index in [9.17, 15) is 4.79 Å². The SMILES string of the molecule is Cc1cc(C(=O)CC(C)C(C)(C)C)ccc1N. The summed E-state index contributed by atoms with van der Waals surface area (Å²) in [6.45, 7) is 10.6. The van der Waals surface area contributed by atoms with Crippen LogP contribution in [0.1, 0.15) is 50.0 Å². The van der Waals surface area contributed by atoms with Crippen LogP contribution < -0.4 is 5.73 Å². The first-order valence-electron chi connectivity index (χ1n) is 6.11. The highest BCUT2D eigenvalue weighted by Crippen LogP contribution is 2.29. The fourth-order valence-electron chi connectivity index (χ4n) is 1.55. The van der Waals surface area contributed by atoms with Gasteiger partial charge in [0.25, 0.3) is 0 Å². The van der Waals surface area contributed by atoms with Crippen LogP contribution in [0.2, 0.25) is 0 Å². The van der Waals surface area contributed by atoms with Crippen LogP contribution in [-0.4, -0.2) is 5.78 Å². The first kappa shape index (κ1) is 13.8. The van der Waals surface area contributed by atoms with Gasteiger partial charge in [0.15, 0.2) is 5.78 Å². The minimum atomic E-state index is 0.165. The largest absolute Gasteiger partial charge is 0.399 e. The zero-order chi connectivity index (χ0) is 13.2. The third kappa shape index (κ3) is 3.58. The topological polar surface area (TPSA) is 43.1 Å². The Morgan fingerprint density at radius 3 is 2.41 bits per heavy atom. The number of ketones is 1. The minimum Gasteiger partial charge on any atom is -0.399 e. The van der Waals surface area contributed by atoms with Gasteiger partial charge in [0.2, 0.25) is 0 Å². The molecule has 0 radical (unpaired) electrons. The van der Waals surface area contributed by atoms with Crippen molar-refractivity contribution >= 4 is 11.5 Å². The highest BCUT2D eigenvalue weighted by Gasteiger charge is 2.23. The molecule has 0 fully saturated rings. The van der Waals surface area contributed by atoms with Gasteiger partial charge in [-0.2, -0.15) is 0 Å². The number of hydrogen-bond donors (Lipinski definition) is 1. The number of carbonyl (C=O) groups excluding carboxylic acids is 1. The van der Waals surface area contributed by atoms with Crippen molar-refractivity contribution in [2.75, 3.05) is 5.73 Å². The first-order chi connectivity index (χ1) is 7.71. The van der Waals surface area contributed by atoms with Crippen LogP contribution in [0.4, 0.5) is 5.69 Å². The van der Waals surface area contributed by atoms with Gasteiger partial charge >= 0.3 is 0 Å². The van der Waals surface area contributed by atoms with Gasteiger partial charge in [-0.15, -0.1) is 0 Å². The van der Waals surface area contributed by atoms with Gasteiger partial charge in [0.1, 0.15) is 0 Å². The van der Waals surface area contributed by atoms with E-state index in [4.69, 9.17) is 5.73 Å². The molecule has 1 aromatic carbocycles. The number of carbonyl (C=O) groups is 1. The lowest BCUT2D eigenvalue weighted by atomic mass is 9.78.